The summed E-state index contributed by atoms with van der Waals surface area (Å²) in [7, 11) is 0. The van der Waals surface area contributed by atoms with Gasteiger partial charge in [-0.15, -0.1) is 0 Å². The largest absolute Gasteiger partial charge is 0.508 e. The van der Waals surface area contributed by atoms with Crippen LogP contribution in [0.4, 0.5) is 0 Å². The van der Waals surface area contributed by atoms with E-state index >= 15 is 0 Å². The fourth-order valence-corrected chi connectivity index (χ4v) is 3.30. The first-order valence-corrected chi connectivity index (χ1v) is 9.55. The second-order valence-electron chi connectivity index (χ2n) is 7.24. The Hall–Kier alpha value is -2.89. The van der Waals surface area contributed by atoms with E-state index < -0.39 is 54.6 Å². The topological polar surface area (TPSA) is 177 Å². The minimum atomic E-state index is -1.73. The molecular weight excluding hydrogens is 412 g/mol. The van der Waals surface area contributed by atoms with E-state index in [2.05, 4.69) is 0 Å². The van der Waals surface area contributed by atoms with E-state index in [4.69, 9.17) is 9.47 Å². The van der Waals surface area contributed by atoms with Gasteiger partial charge in [0.15, 0.2) is 5.78 Å². The summed E-state index contributed by atoms with van der Waals surface area (Å²) in [5.74, 6) is -1.74. The predicted octanol–water partition coefficient (Wildman–Crippen LogP) is -0.202. The van der Waals surface area contributed by atoms with Gasteiger partial charge in [-0.3, -0.25) is 4.79 Å². The van der Waals surface area contributed by atoms with Crippen LogP contribution in [0.15, 0.2) is 36.4 Å². The summed E-state index contributed by atoms with van der Waals surface area (Å²) in [6, 6.07) is 8.23. The number of aromatic hydroxyl groups is 3. The number of hydrogen-bond donors (Lipinski definition) is 7. The van der Waals surface area contributed by atoms with Crippen molar-refractivity contribution in [2.24, 2.45) is 0 Å². The molecule has 10 nitrogen and oxygen atoms in total. The number of benzene rings is 2. The molecule has 2 aromatic rings. The van der Waals surface area contributed by atoms with Crippen molar-refractivity contribution in [1.82, 2.24) is 0 Å². The molecule has 1 saturated heterocycles. The van der Waals surface area contributed by atoms with Crippen LogP contribution in [-0.2, 0) is 11.2 Å². The second-order valence-corrected chi connectivity index (χ2v) is 7.24. The van der Waals surface area contributed by atoms with E-state index in [1.54, 1.807) is 12.1 Å². The van der Waals surface area contributed by atoms with Crippen molar-refractivity contribution in [2.45, 2.75) is 43.5 Å². The molecule has 10 heteroatoms. The van der Waals surface area contributed by atoms with Crippen LogP contribution in [0.5, 0.6) is 23.0 Å². The number of phenols is 3. The Labute approximate surface area is 177 Å². The standard InChI is InChI=1S/C21H24O10/c22-9-16-18(27)19(28)20(29)21(31-16)30-15-8-12(24)7-14(26)17(15)13(25)6-3-10-1-4-11(23)5-2-10/h1-2,4-5,7-8,16,18-24,26-29H,3,6,9H2/t16-,18-,19+,20-,21-/m0/s1. The molecule has 31 heavy (non-hydrogen) atoms. The van der Waals surface area contributed by atoms with Crippen LogP contribution in [0.25, 0.3) is 0 Å². The van der Waals surface area contributed by atoms with Gasteiger partial charge < -0.3 is 45.2 Å². The van der Waals surface area contributed by atoms with Crippen molar-refractivity contribution < 1.29 is 50.0 Å². The smallest absolute Gasteiger partial charge is 0.229 e. The highest BCUT2D eigenvalue weighted by molar-refractivity contribution is 6.01. The Balaban J connectivity index is 1.82. The van der Waals surface area contributed by atoms with Crippen molar-refractivity contribution in [3.8, 4) is 23.0 Å². The Bertz CT molecular complexity index is 911. The van der Waals surface area contributed by atoms with Crippen LogP contribution in [0, 0.1) is 0 Å². The molecule has 0 saturated carbocycles. The highest BCUT2D eigenvalue weighted by Gasteiger charge is 2.45. The lowest BCUT2D eigenvalue weighted by molar-refractivity contribution is -0.277. The third kappa shape index (κ3) is 5.06. The molecule has 5 atom stereocenters. The number of Topliss-reactive ketones (excluding diaryl/α,β-unsaturated/α-hetero) is 1. The molecule has 0 unspecified atom stereocenters. The van der Waals surface area contributed by atoms with E-state index in [-0.39, 0.29) is 23.5 Å². The first-order valence-electron chi connectivity index (χ1n) is 9.55. The lowest BCUT2D eigenvalue weighted by Gasteiger charge is -2.39. The monoisotopic (exact) mass is 436 g/mol. The van der Waals surface area contributed by atoms with Crippen LogP contribution in [0.3, 0.4) is 0 Å². The number of carbonyl (C=O) groups excluding carboxylic acids is 1. The van der Waals surface area contributed by atoms with Gasteiger partial charge in [0, 0.05) is 18.6 Å². The van der Waals surface area contributed by atoms with E-state index in [9.17, 15) is 40.5 Å². The van der Waals surface area contributed by atoms with Crippen molar-refractivity contribution in [3.05, 3.63) is 47.5 Å². The van der Waals surface area contributed by atoms with Gasteiger partial charge in [0.25, 0.3) is 0 Å². The highest BCUT2D eigenvalue weighted by atomic mass is 16.7. The van der Waals surface area contributed by atoms with Crippen molar-refractivity contribution in [3.63, 3.8) is 0 Å². The fourth-order valence-electron chi connectivity index (χ4n) is 3.30. The maximum Gasteiger partial charge on any atom is 0.229 e. The molecule has 0 aliphatic carbocycles. The Morgan fingerprint density at radius 2 is 1.61 bits per heavy atom. The third-order valence-corrected chi connectivity index (χ3v) is 5.01. The first kappa shape index (κ1) is 22.8. The molecule has 168 valence electrons. The Morgan fingerprint density at radius 3 is 2.26 bits per heavy atom. The molecule has 3 rings (SSSR count). The zero-order valence-corrected chi connectivity index (χ0v) is 16.3. The molecule has 7 N–H and O–H groups in total. The molecule has 0 radical (unpaired) electrons. The van der Waals surface area contributed by atoms with Crippen LogP contribution in [0.2, 0.25) is 0 Å². The SMILES string of the molecule is O=C(CCc1ccc(O)cc1)c1c(O)cc(O)cc1O[C@H]1O[C@@H](CO)[C@H](O)[C@@H](O)[C@@H]1O. The average Bonchev–Trinajstić information content (AvgIpc) is 2.73. The summed E-state index contributed by atoms with van der Waals surface area (Å²) in [5, 5.41) is 68.6. The summed E-state index contributed by atoms with van der Waals surface area (Å²) in [5.41, 5.74) is 0.495. The maximum absolute atomic E-state index is 12.8. The maximum atomic E-state index is 12.8. The summed E-state index contributed by atoms with van der Waals surface area (Å²) in [4.78, 5) is 12.8. The number of phenolic OH excluding ortho intramolecular Hbond substituents is 3. The minimum Gasteiger partial charge on any atom is -0.508 e. The molecule has 0 aromatic heterocycles. The number of aliphatic hydroxyl groups excluding tert-OH is 4. The number of ketones is 1. The molecule has 0 amide bonds. The van der Waals surface area contributed by atoms with Gasteiger partial charge in [-0.2, -0.15) is 0 Å². The first-order chi connectivity index (χ1) is 14.7. The van der Waals surface area contributed by atoms with Gasteiger partial charge in [0.2, 0.25) is 6.29 Å². The van der Waals surface area contributed by atoms with Crippen molar-refractivity contribution >= 4 is 5.78 Å². The molecule has 0 spiro atoms. The fraction of sp³-hybridized carbons (Fsp3) is 0.381. The second kappa shape index (κ2) is 9.50. The van der Waals surface area contributed by atoms with E-state index in [1.807, 2.05) is 0 Å². The van der Waals surface area contributed by atoms with Crippen LogP contribution >= 0.6 is 0 Å². The summed E-state index contributed by atoms with van der Waals surface area (Å²) < 4.78 is 10.7. The molecule has 1 heterocycles. The van der Waals surface area contributed by atoms with E-state index in [0.717, 1.165) is 17.7 Å². The number of aliphatic hydroxyl groups is 4. The zero-order chi connectivity index (χ0) is 22.7. The van der Waals surface area contributed by atoms with Gasteiger partial charge in [-0.1, -0.05) is 12.1 Å². The predicted molar refractivity (Wildman–Crippen MR) is 105 cm³/mol. The molecular formula is C21H24O10. The molecule has 1 aliphatic rings. The van der Waals surface area contributed by atoms with Crippen molar-refractivity contribution in [1.29, 1.82) is 0 Å². The Kier molecular flexibility index (Phi) is 6.98. The summed E-state index contributed by atoms with van der Waals surface area (Å²) in [6.45, 7) is -0.672. The van der Waals surface area contributed by atoms with Crippen LogP contribution in [0.1, 0.15) is 22.3 Å². The number of hydrogen-bond acceptors (Lipinski definition) is 10. The van der Waals surface area contributed by atoms with Gasteiger partial charge >= 0.3 is 0 Å². The molecule has 2 aromatic carbocycles. The van der Waals surface area contributed by atoms with Crippen molar-refractivity contribution in [2.75, 3.05) is 6.61 Å². The van der Waals surface area contributed by atoms with Crippen LogP contribution < -0.4 is 4.74 Å². The zero-order valence-electron chi connectivity index (χ0n) is 16.3. The lowest BCUT2D eigenvalue weighted by atomic mass is 9.99. The normalized spacial score (nSPS) is 25.9. The third-order valence-electron chi connectivity index (χ3n) is 5.01. The van der Waals surface area contributed by atoms with Gasteiger partial charge in [-0.05, 0) is 24.1 Å². The summed E-state index contributed by atoms with van der Waals surface area (Å²) >= 11 is 0. The van der Waals surface area contributed by atoms with E-state index in [0.29, 0.717) is 6.42 Å². The quantitative estimate of drug-likeness (QED) is 0.288. The average molecular weight is 436 g/mol. The number of aryl methyl sites for hydroxylation is 1. The molecule has 1 aliphatic heterocycles. The number of carbonyl (C=O) groups is 1. The Morgan fingerprint density at radius 1 is 0.935 bits per heavy atom. The summed E-state index contributed by atoms with van der Waals surface area (Å²) in [6.07, 6.45) is -7.61. The van der Waals surface area contributed by atoms with E-state index in [1.165, 1.54) is 12.1 Å². The molecule has 1 fully saturated rings. The van der Waals surface area contributed by atoms with Gasteiger partial charge in [0.1, 0.15) is 53.0 Å². The highest BCUT2D eigenvalue weighted by Crippen LogP contribution is 2.36. The number of rotatable bonds is 7. The van der Waals surface area contributed by atoms with Crippen LogP contribution in [-0.4, -0.2) is 78.8 Å². The van der Waals surface area contributed by atoms with Gasteiger partial charge in [-0.25, -0.2) is 0 Å². The molecule has 0 bridgehead atoms. The van der Waals surface area contributed by atoms with Gasteiger partial charge in [0.05, 0.1) is 6.61 Å². The number of ether oxygens (including phenoxy) is 2. The minimum absolute atomic E-state index is 0.0475. The lowest BCUT2D eigenvalue weighted by Crippen LogP contribution is -2.60.